The Morgan fingerprint density at radius 3 is 2.41 bits per heavy atom. The van der Waals surface area contributed by atoms with Gasteiger partial charge in [0, 0.05) is 18.8 Å². The van der Waals surface area contributed by atoms with Crippen molar-refractivity contribution in [3.05, 3.63) is 29.8 Å². The number of aryl methyl sites for hydroxylation is 1. The number of nitrogens with zero attached hydrogens (tertiary/aromatic N) is 1. The van der Waals surface area contributed by atoms with Crippen LogP contribution < -0.4 is 5.32 Å². The summed E-state index contributed by atoms with van der Waals surface area (Å²) < 4.78 is 0. The van der Waals surface area contributed by atoms with E-state index < -0.39 is 0 Å². The van der Waals surface area contributed by atoms with Gasteiger partial charge in [-0.05, 0) is 43.4 Å². The molecule has 17 heavy (non-hydrogen) atoms. The largest absolute Gasteiger partial charge is 0.325 e. The molecule has 2 amide bonds. The zero-order valence-electron chi connectivity index (χ0n) is 10.4. The highest BCUT2D eigenvalue weighted by Gasteiger charge is 2.15. The van der Waals surface area contributed by atoms with Crippen LogP contribution in [-0.2, 0) is 6.42 Å². The number of rotatable bonds is 2. The van der Waals surface area contributed by atoms with Crippen LogP contribution in [0.4, 0.5) is 10.5 Å². The summed E-state index contributed by atoms with van der Waals surface area (Å²) >= 11 is 0. The third-order valence-electron chi connectivity index (χ3n) is 3.26. The van der Waals surface area contributed by atoms with E-state index >= 15 is 0 Å². The van der Waals surface area contributed by atoms with E-state index in [2.05, 4.69) is 24.4 Å². The summed E-state index contributed by atoms with van der Waals surface area (Å²) in [5.74, 6) is 0. The number of nitrogens with one attached hydrogen (secondary N) is 1. The third kappa shape index (κ3) is 3.22. The highest BCUT2D eigenvalue weighted by molar-refractivity contribution is 5.89. The van der Waals surface area contributed by atoms with E-state index in [-0.39, 0.29) is 6.03 Å². The average molecular weight is 232 g/mol. The molecular formula is C14H20N2O. The fraction of sp³-hybridized carbons (Fsp3) is 0.500. The Kier molecular flexibility index (Phi) is 4.02. The van der Waals surface area contributed by atoms with Gasteiger partial charge in [-0.2, -0.15) is 0 Å². The molecule has 1 heterocycles. The zero-order valence-corrected chi connectivity index (χ0v) is 10.4. The molecule has 0 radical (unpaired) electrons. The Hall–Kier alpha value is -1.51. The molecule has 0 bridgehead atoms. The molecule has 0 spiro atoms. The van der Waals surface area contributed by atoms with Crippen molar-refractivity contribution in [3.8, 4) is 0 Å². The van der Waals surface area contributed by atoms with Gasteiger partial charge in [-0.3, -0.25) is 0 Å². The van der Waals surface area contributed by atoms with Crippen molar-refractivity contribution < 1.29 is 4.79 Å². The molecule has 0 saturated carbocycles. The van der Waals surface area contributed by atoms with E-state index in [0.717, 1.165) is 38.0 Å². The third-order valence-corrected chi connectivity index (χ3v) is 3.26. The smallest absolute Gasteiger partial charge is 0.321 e. The number of carbonyl (C=O) groups excluding carboxylic acids is 1. The normalized spacial score (nSPS) is 15.7. The lowest BCUT2D eigenvalue weighted by molar-refractivity contribution is 0.200. The number of anilines is 1. The molecule has 3 nitrogen and oxygen atoms in total. The first-order valence-electron chi connectivity index (χ1n) is 6.44. The molecule has 1 aromatic rings. The van der Waals surface area contributed by atoms with Gasteiger partial charge in [-0.1, -0.05) is 19.1 Å². The van der Waals surface area contributed by atoms with Crippen molar-refractivity contribution in [2.45, 2.75) is 32.6 Å². The van der Waals surface area contributed by atoms with Crippen LogP contribution in [-0.4, -0.2) is 24.0 Å². The molecule has 3 heteroatoms. The van der Waals surface area contributed by atoms with Crippen LogP contribution in [0.15, 0.2) is 24.3 Å². The molecule has 1 fully saturated rings. The predicted molar refractivity (Wildman–Crippen MR) is 70.3 cm³/mol. The minimum atomic E-state index is 0.0361. The van der Waals surface area contributed by atoms with Crippen molar-refractivity contribution >= 4 is 11.7 Å². The van der Waals surface area contributed by atoms with Gasteiger partial charge in [0.15, 0.2) is 0 Å². The van der Waals surface area contributed by atoms with E-state index in [1.807, 2.05) is 17.0 Å². The predicted octanol–water partition coefficient (Wildman–Crippen LogP) is 3.27. The van der Waals surface area contributed by atoms with Crippen molar-refractivity contribution in [1.29, 1.82) is 0 Å². The molecule has 1 aliphatic rings. The van der Waals surface area contributed by atoms with Crippen LogP contribution in [0.5, 0.6) is 0 Å². The minimum Gasteiger partial charge on any atom is -0.325 e. The molecule has 1 aromatic carbocycles. The molecule has 0 atom stereocenters. The summed E-state index contributed by atoms with van der Waals surface area (Å²) in [5.41, 5.74) is 2.18. The van der Waals surface area contributed by atoms with Crippen LogP contribution in [0.3, 0.4) is 0 Å². The van der Waals surface area contributed by atoms with Crippen LogP contribution >= 0.6 is 0 Å². The molecule has 1 saturated heterocycles. The molecule has 1 N–H and O–H groups in total. The molecule has 0 aromatic heterocycles. The van der Waals surface area contributed by atoms with Gasteiger partial charge in [0.1, 0.15) is 0 Å². The maximum Gasteiger partial charge on any atom is 0.321 e. The Balaban J connectivity index is 1.92. The molecule has 2 rings (SSSR count). The molecular weight excluding hydrogens is 212 g/mol. The van der Waals surface area contributed by atoms with Gasteiger partial charge in [-0.15, -0.1) is 0 Å². The van der Waals surface area contributed by atoms with Crippen LogP contribution in [0.25, 0.3) is 0 Å². The maximum absolute atomic E-state index is 11.9. The second kappa shape index (κ2) is 5.71. The number of hydrogen-bond donors (Lipinski definition) is 1. The Bertz CT molecular complexity index is 366. The quantitative estimate of drug-likeness (QED) is 0.834. The second-order valence-corrected chi connectivity index (χ2v) is 4.53. The number of amides is 2. The maximum atomic E-state index is 11.9. The molecule has 92 valence electrons. The zero-order chi connectivity index (χ0) is 12.1. The van der Waals surface area contributed by atoms with E-state index in [0.29, 0.717) is 0 Å². The van der Waals surface area contributed by atoms with E-state index in [4.69, 9.17) is 0 Å². The van der Waals surface area contributed by atoms with Gasteiger partial charge in [-0.25, -0.2) is 4.79 Å². The Morgan fingerprint density at radius 2 is 1.82 bits per heavy atom. The fourth-order valence-electron chi connectivity index (χ4n) is 2.12. The van der Waals surface area contributed by atoms with Gasteiger partial charge in [0.05, 0.1) is 0 Å². The summed E-state index contributed by atoms with van der Waals surface area (Å²) in [6, 6.07) is 8.10. The second-order valence-electron chi connectivity index (χ2n) is 4.53. The first kappa shape index (κ1) is 12.0. The van der Waals surface area contributed by atoms with Gasteiger partial charge in [0.25, 0.3) is 0 Å². The summed E-state index contributed by atoms with van der Waals surface area (Å²) in [4.78, 5) is 13.8. The lowest BCUT2D eigenvalue weighted by atomic mass is 10.1. The summed E-state index contributed by atoms with van der Waals surface area (Å²) in [5, 5.41) is 2.95. The van der Waals surface area contributed by atoms with Crippen LogP contribution in [0, 0.1) is 0 Å². The van der Waals surface area contributed by atoms with E-state index in [1.165, 1.54) is 12.0 Å². The highest BCUT2D eigenvalue weighted by Crippen LogP contribution is 2.13. The number of carbonyl (C=O) groups is 1. The fourth-order valence-corrected chi connectivity index (χ4v) is 2.12. The number of piperidine rings is 1. The van der Waals surface area contributed by atoms with Crippen molar-refractivity contribution in [3.63, 3.8) is 0 Å². The van der Waals surface area contributed by atoms with Crippen molar-refractivity contribution in [1.82, 2.24) is 4.90 Å². The highest BCUT2D eigenvalue weighted by atomic mass is 16.2. The van der Waals surface area contributed by atoms with E-state index in [1.54, 1.807) is 0 Å². The number of likely N-dealkylation sites (tertiary alicyclic amines) is 1. The first-order chi connectivity index (χ1) is 8.29. The SMILES string of the molecule is CCc1ccc(NC(=O)N2CCCCC2)cc1. The van der Waals surface area contributed by atoms with Crippen LogP contribution in [0.1, 0.15) is 31.7 Å². The van der Waals surface area contributed by atoms with E-state index in [9.17, 15) is 4.79 Å². The molecule has 0 aliphatic carbocycles. The number of benzene rings is 1. The minimum absolute atomic E-state index is 0.0361. The molecule has 1 aliphatic heterocycles. The van der Waals surface area contributed by atoms with Crippen molar-refractivity contribution in [2.75, 3.05) is 18.4 Å². The number of hydrogen-bond acceptors (Lipinski definition) is 1. The number of urea groups is 1. The van der Waals surface area contributed by atoms with Crippen molar-refractivity contribution in [2.24, 2.45) is 0 Å². The Morgan fingerprint density at radius 1 is 1.18 bits per heavy atom. The average Bonchev–Trinajstić information content (AvgIpc) is 2.40. The van der Waals surface area contributed by atoms with Gasteiger partial charge < -0.3 is 10.2 Å². The van der Waals surface area contributed by atoms with Gasteiger partial charge >= 0.3 is 6.03 Å². The first-order valence-corrected chi connectivity index (χ1v) is 6.44. The molecule has 0 unspecified atom stereocenters. The lowest BCUT2D eigenvalue weighted by Gasteiger charge is -2.26. The van der Waals surface area contributed by atoms with Gasteiger partial charge in [0.2, 0.25) is 0 Å². The van der Waals surface area contributed by atoms with Crippen LogP contribution in [0.2, 0.25) is 0 Å². The summed E-state index contributed by atoms with van der Waals surface area (Å²) in [7, 11) is 0. The monoisotopic (exact) mass is 232 g/mol. The Labute approximate surface area is 103 Å². The topological polar surface area (TPSA) is 32.3 Å². The summed E-state index contributed by atoms with van der Waals surface area (Å²) in [6.07, 6.45) is 4.53. The standard InChI is InChI=1S/C14H20N2O/c1-2-12-6-8-13(9-7-12)15-14(17)16-10-4-3-5-11-16/h6-9H,2-5,10-11H2,1H3,(H,15,17). The lowest BCUT2D eigenvalue weighted by Crippen LogP contribution is -2.38. The summed E-state index contributed by atoms with van der Waals surface area (Å²) in [6.45, 7) is 3.90.